The van der Waals surface area contributed by atoms with Crippen LogP contribution < -0.4 is 19.5 Å². The minimum Gasteiger partial charge on any atom is -0.439 e. The van der Waals surface area contributed by atoms with Crippen molar-refractivity contribution >= 4 is 28.4 Å². The van der Waals surface area contributed by atoms with Crippen molar-refractivity contribution in [2.24, 2.45) is 7.05 Å². The summed E-state index contributed by atoms with van der Waals surface area (Å²) in [6.45, 7) is 1.48. The molecular formula is C36H32F5N5O5. The summed E-state index contributed by atoms with van der Waals surface area (Å²) in [5.41, 5.74) is 2.73. The maximum atomic E-state index is 13.7. The number of nitrogens with zero attached hydrogens (tertiary/aromatic N) is 4. The number of benzene rings is 3. The highest BCUT2D eigenvalue weighted by molar-refractivity contribution is 6.04. The molecule has 0 radical (unpaired) electrons. The van der Waals surface area contributed by atoms with Gasteiger partial charge < -0.3 is 29.0 Å². The van der Waals surface area contributed by atoms with Gasteiger partial charge in [-0.15, -0.1) is 13.2 Å². The fourth-order valence-electron chi connectivity index (χ4n) is 5.81. The first-order valence-electron chi connectivity index (χ1n) is 15.8. The normalized spacial score (nSPS) is 15.2. The minimum absolute atomic E-state index is 0.0647. The van der Waals surface area contributed by atoms with Crippen LogP contribution in [0.5, 0.6) is 23.1 Å². The Morgan fingerprint density at radius 3 is 2.27 bits per heavy atom. The van der Waals surface area contributed by atoms with Crippen LogP contribution in [0.25, 0.3) is 10.9 Å². The Bertz CT molecular complexity index is 2000. The number of halogens is 5. The highest BCUT2D eigenvalue weighted by Crippen LogP contribution is 2.29. The van der Waals surface area contributed by atoms with Gasteiger partial charge in [-0.1, -0.05) is 12.1 Å². The molecule has 15 heteroatoms. The number of carbonyl (C=O) groups excluding carboxylic acids is 2. The lowest BCUT2D eigenvalue weighted by Crippen LogP contribution is -2.53. The van der Waals surface area contributed by atoms with Crippen molar-refractivity contribution in [3.8, 4) is 23.1 Å². The number of rotatable bonds is 10. The van der Waals surface area contributed by atoms with Crippen molar-refractivity contribution < 1.29 is 45.8 Å². The summed E-state index contributed by atoms with van der Waals surface area (Å²) in [5, 5.41) is 3.47. The van der Waals surface area contributed by atoms with Gasteiger partial charge in [0, 0.05) is 62.4 Å². The van der Waals surface area contributed by atoms with Gasteiger partial charge in [0.2, 0.25) is 5.88 Å². The van der Waals surface area contributed by atoms with Crippen molar-refractivity contribution in [3.63, 3.8) is 0 Å². The Balaban J connectivity index is 1.05. The van der Waals surface area contributed by atoms with E-state index in [0.29, 0.717) is 43.3 Å². The topological polar surface area (TPSA) is 98.2 Å². The number of carbonyl (C=O) groups is 2. The third-order valence-electron chi connectivity index (χ3n) is 8.39. The molecule has 51 heavy (non-hydrogen) atoms. The standard InChI is InChI=1S/C36H32F5N5O5/c1-22-20-46(16-15-45(22)21-23-3-9-27(10-4-23)50-35(37)38)34(48)31-17-25-7-13-29(18-30(25)44(31)2)49-32-14-8-26(19-42-32)43-33(47)24-5-11-28(12-6-24)51-36(39,40)41/h3-14,17-19,22,35H,15-16,20-21H2,1-2H3,(H,43,47). The van der Waals surface area contributed by atoms with Crippen molar-refractivity contribution in [1.82, 2.24) is 19.4 Å². The summed E-state index contributed by atoms with van der Waals surface area (Å²) < 4.78 is 78.1. The van der Waals surface area contributed by atoms with Crippen LogP contribution >= 0.6 is 0 Å². The van der Waals surface area contributed by atoms with Gasteiger partial charge in [0.15, 0.2) is 0 Å². The van der Waals surface area contributed by atoms with Gasteiger partial charge >= 0.3 is 13.0 Å². The van der Waals surface area contributed by atoms with Gasteiger partial charge in [-0.25, -0.2) is 4.98 Å². The Morgan fingerprint density at radius 1 is 0.922 bits per heavy atom. The summed E-state index contributed by atoms with van der Waals surface area (Å²) in [7, 11) is 1.81. The smallest absolute Gasteiger partial charge is 0.439 e. The zero-order valence-corrected chi connectivity index (χ0v) is 27.4. The lowest BCUT2D eigenvalue weighted by Gasteiger charge is -2.40. The third kappa shape index (κ3) is 8.73. The molecule has 266 valence electrons. The molecule has 1 unspecified atom stereocenters. The summed E-state index contributed by atoms with van der Waals surface area (Å²) in [6.07, 6.45) is -3.45. The maximum Gasteiger partial charge on any atom is 0.573 e. The molecule has 1 saturated heterocycles. The Hall–Kier alpha value is -5.70. The summed E-state index contributed by atoms with van der Waals surface area (Å²) in [4.78, 5) is 34.5. The van der Waals surface area contributed by atoms with Gasteiger partial charge in [0.1, 0.15) is 22.9 Å². The van der Waals surface area contributed by atoms with E-state index in [1.807, 2.05) is 35.6 Å². The Labute approximate surface area is 288 Å². The first-order valence-corrected chi connectivity index (χ1v) is 15.8. The van der Waals surface area contributed by atoms with E-state index in [1.165, 1.54) is 30.5 Å². The van der Waals surface area contributed by atoms with Crippen LogP contribution in [0.15, 0.2) is 91.1 Å². The van der Waals surface area contributed by atoms with E-state index in [4.69, 9.17) is 4.74 Å². The molecule has 10 nitrogen and oxygen atoms in total. The van der Waals surface area contributed by atoms with E-state index in [1.54, 1.807) is 36.4 Å². The number of hydrogen-bond donors (Lipinski definition) is 1. The lowest BCUT2D eigenvalue weighted by molar-refractivity contribution is -0.274. The number of hydrogen-bond acceptors (Lipinski definition) is 7. The van der Waals surface area contributed by atoms with E-state index in [9.17, 15) is 31.5 Å². The second-order valence-electron chi connectivity index (χ2n) is 11.9. The molecule has 3 aromatic carbocycles. The summed E-state index contributed by atoms with van der Waals surface area (Å²) in [6, 6.07) is 21.5. The van der Waals surface area contributed by atoms with Crippen molar-refractivity contribution in [2.45, 2.75) is 32.5 Å². The van der Waals surface area contributed by atoms with Gasteiger partial charge in [-0.3, -0.25) is 14.5 Å². The second kappa shape index (κ2) is 14.6. The third-order valence-corrected chi connectivity index (χ3v) is 8.39. The largest absolute Gasteiger partial charge is 0.573 e. The lowest BCUT2D eigenvalue weighted by atomic mass is 10.1. The predicted octanol–water partition coefficient (Wildman–Crippen LogP) is 7.46. The molecule has 1 aliphatic heterocycles. The summed E-state index contributed by atoms with van der Waals surface area (Å²) in [5.74, 6) is -0.251. The van der Waals surface area contributed by atoms with E-state index in [-0.39, 0.29) is 29.1 Å². The van der Waals surface area contributed by atoms with Gasteiger partial charge in [-0.05, 0) is 73.2 Å². The molecule has 1 atom stereocenters. The fourth-order valence-corrected chi connectivity index (χ4v) is 5.81. The molecule has 2 amide bonds. The number of ether oxygens (including phenoxy) is 3. The van der Waals surface area contributed by atoms with Crippen LogP contribution in [0.2, 0.25) is 0 Å². The first-order chi connectivity index (χ1) is 24.3. The molecule has 0 bridgehead atoms. The van der Waals surface area contributed by atoms with Gasteiger partial charge in [0.25, 0.3) is 11.8 Å². The quantitative estimate of drug-likeness (QED) is 0.150. The van der Waals surface area contributed by atoms with Crippen molar-refractivity contribution in [1.29, 1.82) is 0 Å². The molecule has 6 rings (SSSR count). The number of aryl methyl sites for hydroxylation is 1. The van der Waals surface area contributed by atoms with Gasteiger partial charge in [0.05, 0.1) is 17.4 Å². The SMILES string of the molecule is CC1CN(C(=O)c2cc3ccc(Oc4ccc(NC(=O)c5ccc(OC(F)(F)F)cc5)cn4)cc3n2C)CCN1Cc1ccc(OC(F)F)cc1. The first kappa shape index (κ1) is 35.1. The Morgan fingerprint density at radius 2 is 1.63 bits per heavy atom. The molecule has 2 aromatic heterocycles. The summed E-state index contributed by atoms with van der Waals surface area (Å²) >= 11 is 0. The molecule has 3 heterocycles. The zero-order chi connectivity index (χ0) is 36.3. The molecule has 1 aliphatic rings. The van der Waals surface area contributed by atoms with E-state index >= 15 is 0 Å². The number of fused-ring (bicyclic) bond motifs is 1. The molecular weight excluding hydrogens is 677 g/mol. The van der Waals surface area contributed by atoms with Crippen LogP contribution in [0.4, 0.5) is 27.6 Å². The van der Waals surface area contributed by atoms with Crippen molar-refractivity contribution in [3.05, 3.63) is 108 Å². The van der Waals surface area contributed by atoms with Gasteiger partial charge in [-0.2, -0.15) is 8.78 Å². The van der Waals surface area contributed by atoms with Crippen molar-refractivity contribution in [2.75, 3.05) is 25.0 Å². The molecule has 0 aliphatic carbocycles. The van der Waals surface area contributed by atoms with E-state index < -0.39 is 24.6 Å². The number of nitrogens with one attached hydrogen (secondary N) is 1. The second-order valence-corrected chi connectivity index (χ2v) is 11.9. The monoisotopic (exact) mass is 709 g/mol. The highest BCUT2D eigenvalue weighted by atomic mass is 19.4. The number of pyridine rings is 1. The fraction of sp³-hybridized carbons (Fsp3) is 0.250. The van der Waals surface area contributed by atoms with Crippen LogP contribution in [0.1, 0.15) is 33.3 Å². The number of piperazine rings is 1. The number of aromatic nitrogens is 2. The van der Waals surface area contributed by atoms with Crippen LogP contribution in [0, 0.1) is 0 Å². The van der Waals surface area contributed by atoms with E-state index in [2.05, 4.69) is 24.7 Å². The molecule has 1 fully saturated rings. The van der Waals surface area contributed by atoms with Crippen LogP contribution in [-0.4, -0.2) is 69.8 Å². The maximum absolute atomic E-state index is 13.7. The number of amides is 2. The molecule has 0 saturated carbocycles. The molecule has 5 aromatic rings. The van der Waals surface area contributed by atoms with Crippen LogP contribution in [0.3, 0.4) is 0 Å². The predicted molar refractivity (Wildman–Crippen MR) is 177 cm³/mol. The number of anilines is 1. The zero-order valence-electron chi connectivity index (χ0n) is 27.4. The Kier molecular flexibility index (Phi) is 10.1. The molecule has 0 spiro atoms. The number of alkyl halides is 5. The average Bonchev–Trinajstić information content (AvgIpc) is 3.41. The average molecular weight is 710 g/mol. The molecule has 1 N–H and O–H groups in total. The highest BCUT2D eigenvalue weighted by Gasteiger charge is 2.31. The van der Waals surface area contributed by atoms with Crippen LogP contribution in [-0.2, 0) is 13.6 Å². The minimum atomic E-state index is -4.83. The van der Waals surface area contributed by atoms with E-state index in [0.717, 1.165) is 28.6 Å².